The Morgan fingerprint density at radius 1 is 1.20 bits per heavy atom. The van der Waals surface area contributed by atoms with Crippen molar-refractivity contribution in [3.63, 3.8) is 0 Å². The van der Waals surface area contributed by atoms with Gasteiger partial charge in [-0.25, -0.2) is 0 Å². The zero-order valence-corrected chi connectivity index (χ0v) is 12.2. The van der Waals surface area contributed by atoms with Gasteiger partial charge in [0.15, 0.2) is 11.5 Å². The lowest BCUT2D eigenvalue weighted by atomic mass is 10.2. The van der Waals surface area contributed by atoms with E-state index in [4.69, 9.17) is 32.7 Å². The average molecular weight is 311 g/mol. The van der Waals surface area contributed by atoms with Crippen LogP contribution < -0.4 is 9.47 Å². The molecule has 0 fully saturated rings. The van der Waals surface area contributed by atoms with Crippen LogP contribution in [0.3, 0.4) is 0 Å². The fraction of sp³-hybridized carbons (Fsp3) is 0.133. The Morgan fingerprint density at radius 3 is 2.60 bits per heavy atom. The number of benzene rings is 2. The van der Waals surface area contributed by atoms with Gasteiger partial charge in [0.2, 0.25) is 0 Å². The second-order valence-electron chi connectivity index (χ2n) is 4.03. The molecule has 0 aliphatic carbocycles. The van der Waals surface area contributed by atoms with E-state index in [9.17, 15) is 4.79 Å². The molecule has 0 amide bonds. The molecule has 0 atom stereocenters. The zero-order valence-electron chi connectivity index (χ0n) is 10.7. The normalized spacial score (nSPS) is 10.2. The SMILES string of the molecule is COc1cccc(C(=O)Cl)c1OCc1cccc(Cl)c1. The van der Waals surface area contributed by atoms with Crippen LogP contribution in [0.25, 0.3) is 0 Å². The predicted octanol–water partition coefficient (Wildman–Crippen LogP) is 4.31. The lowest BCUT2D eigenvalue weighted by Crippen LogP contribution is -2.02. The smallest absolute Gasteiger partial charge is 0.256 e. The summed E-state index contributed by atoms with van der Waals surface area (Å²) in [4.78, 5) is 11.4. The van der Waals surface area contributed by atoms with Gasteiger partial charge >= 0.3 is 0 Å². The molecule has 0 bridgehead atoms. The van der Waals surface area contributed by atoms with Gasteiger partial charge in [-0.2, -0.15) is 0 Å². The number of halogens is 2. The first-order valence-corrected chi connectivity index (χ1v) is 6.61. The molecule has 0 aliphatic rings. The largest absolute Gasteiger partial charge is 0.493 e. The molecule has 0 radical (unpaired) electrons. The van der Waals surface area contributed by atoms with E-state index >= 15 is 0 Å². The molecule has 104 valence electrons. The number of carbonyl (C=O) groups is 1. The van der Waals surface area contributed by atoms with Crippen LogP contribution in [0.4, 0.5) is 0 Å². The summed E-state index contributed by atoms with van der Waals surface area (Å²) in [5.41, 5.74) is 1.16. The van der Waals surface area contributed by atoms with E-state index in [2.05, 4.69) is 0 Å². The molecule has 0 aliphatic heterocycles. The van der Waals surface area contributed by atoms with Crippen molar-refractivity contribution in [3.8, 4) is 11.5 Å². The van der Waals surface area contributed by atoms with E-state index < -0.39 is 5.24 Å². The van der Waals surface area contributed by atoms with E-state index in [1.165, 1.54) is 7.11 Å². The summed E-state index contributed by atoms with van der Waals surface area (Å²) in [5, 5.41) is 0.0322. The van der Waals surface area contributed by atoms with Crippen LogP contribution in [0, 0.1) is 0 Å². The molecule has 0 saturated carbocycles. The summed E-state index contributed by atoms with van der Waals surface area (Å²) < 4.78 is 10.9. The van der Waals surface area contributed by atoms with Crippen molar-refractivity contribution in [1.29, 1.82) is 0 Å². The summed E-state index contributed by atoms with van der Waals surface area (Å²) in [6.45, 7) is 0.262. The predicted molar refractivity (Wildman–Crippen MR) is 79.0 cm³/mol. The molecule has 3 nitrogen and oxygen atoms in total. The van der Waals surface area contributed by atoms with Gasteiger partial charge in [-0.1, -0.05) is 29.8 Å². The molecule has 2 aromatic carbocycles. The van der Waals surface area contributed by atoms with E-state index in [-0.39, 0.29) is 12.2 Å². The van der Waals surface area contributed by atoms with E-state index in [0.717, 1.165) is 5.56 Å². The molecule has 5 heteroatoms. The highest BCUT2D eigenvalue weighted by Gasteiger charge is 2.15. The van der Waals surface area contributed by atoms with Crippen molar-refractivity contribution in [2.24, 2.45) is 0 Å². The summed E-state index contributed by atoms with van der Waals surface area (Å²) in [7, 11) is 1.50. The molecule has 0 spiro atoms. The highest BCUT2D eigenvalue weighted by molar-refractivity contribution is 6.68. The standard InChI is InChI=1S/C15H12Cl2O3/c1-19-13-7-3-6-12(15(17)18)14(13)20-9-10-4-2-5-11(16)8-10/h2-8H,9H2,1H3. The van der Waals surface area contributed by atoms with E-state index in [1.807, 2.05) is 12.1 Å². The first-order valence-electron chi connectivity index (χ1n) is 5.86. The second kappa shape index (κ2) is 6.64. The first-order chi connectivity index (χ1) is 9.61. The monoisotopic (exact) mass is 310 g/mol. The number of hydrogen-bond donors (Lipinski definition) is 0. The lowest BCUT2D eigenvalue weighted by Gasteiger charge is -2.13. The number of carbonyl (C=O) groups excluding carboxylic acids is 1. The molecular weight excluding hydrogens is 299 g/mol. The molecule has 20 heavy (non-hydrogen) atoms. The van der Waals surface area contributed by atoms with Gasteiger partial charge in [0.05, 0.1) is 12.7 Å². The molecule has 0 N–H and O–H groups in total. The number of hydrogen-bond acceptors (Lipinski definition) is 3. The topological polar surface area (TPSA) is 35.5 Å². The number of para-hydroxylation sites is 1. The molecule has 2 rings (SSSR count). The summed E-state index contributed by atoms with van der Waals surface area (Å²) in [5.74, 6) is 0.786. The fourth-order valence-electron chi connectivity index (χ4n) is 1.76. The minimum Gasteiger partial charge on any atom is -0.493 e. The van der Waals surface area contributed by atoms with E-state index in [0.29, 0.717) is 16.5 Å². The van der Waals surface area contributed by atoms with Gasteiger partial charge in [-0.15, -0.1) is 0 Å². The molecule has 0 aromatic heterocycles. The van der Waals surface area contributed by atoms with Crippen LogP contribution in [0.2, 0.25) is 5.02 Å². The van der Waals surface area contributed by atoms with Gasteiger partial charge < -0.3 is 9.47 Å². The van der Waals surface area contributed by atoms with Crippen molar-refractivity contribution >= 4 is 28.4 Å². The first kappa shape index (κ1) is 14.7. The summed E-state index contributed by atoms with van der Waals surface area (Å²) >= 11 is 11.5. The zero-order chi connectivity index (χ0) is 14.5. The van der Waals surface area contributed by atoms with Crippen molar-refractivity contribution < 1.29 is 14.3 Å². The molecule has 0 unspecified atom stereocenters. The van der Waals surface area contributed by atoms with Crippen LogP contribution in [0.5, 0.6) is 11.5 Å². The minimum atomic E-state index is -0.593. The Hall–Kier alpha value is -1.71. The van der Waals surface area contributed by atoms with Crippen LogP contribution in [0.1, 0.15) is 15.9 Å². The maximum Gasteiger partial charge on any atom is 0.256 e. The van der Waals surface area contributed by atoms with Crippen molar-refractivity contribution in [3.05, 3.63) is 58.6 Å². The average Bonchev–Trinajstić information content (AvgIpc) is 2.44. The van der Waals surface area contributed by atoms with Gasteiger partial charge in [0.25, 0.3) is 5.24 Å². The fourth-order valence-corrected chi connectivity index (χ4v) is 2.12. The highest BCUT2D eigenvalue weighted by atomic mass is 35.5. The van der Waals surface area contributed by atoms with E-state index in [1.54, 1.807) is 30.3 Å². The van der Waals surface area contributed by atoms with Crippen LogP contribution >= 0.6 is 23.2 Å². The Kier molecular flexibility index (Phi) is 4.88. The molecule has 2 aromatic rings. The number of methoxy groups -OCH3 is 1. The third kappa shape index (κ3) is 3.44. The summed E-state index contributed by atoms with van der Waals surface area (Å²) in [6, 6.07) is 12.3. The molecular formula is C15H12Cl2O3. The highest BCUT2D eigenvalue weighted by Crippen LogP contribution is 2.32. The number of ether oxygens (including phenoxy) is 2. The Labute approximate surface area is 127 Å². The quantitative estimate of drug-likeness (QED) is 0.772. The van der Waals surface area contributed by atoms with Gasteiger partial charge in [0.1, 0.15) is 6.61 Å². The van der Waals surface area contributed by atoms with Crippen molar-refractivity contribution in [1.82, 2.24) is 0 Å². The molecule has 0 heterocycles. The maximum absolute atomic E-state index is 11.4. The Bertz CT molecular complexity index is 626. The van der Waals surface area contributed by atoms with Gasteiger partial charge in [-0.05, 0) is 41.4 Å². The van der Waals surface area contributed by atoms with Crippen LogP contribution in [-0.2, 0) is 6.61 Å². The Balaban J connectivity index is 2.26. The van der Waals surface area contributed by atoms with Crippen molar-refractivity contribution in [2.75, 3.05) is 7.11 Å². The summed E-state index contributed by atoms with van der Waals surface area (Å²) in [6.07, 6.45) is 0. The Morgan fingerprint density at radius 2 is 1.95 bits per heavy atom. The number of rotatable bonds is 5. The van der Waals surface area contributed by atoms with Gasteiger partial charge in [-0.3, -0.25) is 4.79 Å². The second-order valence-corrected chi connectivity index (χ2v) is 4.81. The minimum absolute atomic E-state index is 0.262. The van der Waals surface area contributed by atoms with Crippen LogP contribution in [0.15, 0.2) is 42.5 Å². The third-order valence-electron chi connectivity index (χ3n) is 2.68. The third-order valence-corrected chi connectivity index (χ3v) is 3.12. The van der Waals surface area contributed by atoms with Gasteiger partial charge in [0, 0.05) is 5.02 Å². The van der Waals surface area contributed by atoms with Crippen molar-refractivity contribution in [2.45, 2.75) is 6.61 Å². The maximum atomic E-state index is 11.4. The van der Waals surface area contributed by atoms with Crippen LogP contribution in [-0.4, -0.2) is 12.4 Å². The molecule has 0 saturated heterocycles. The lowest BCUT2D eigenvalue weighted by molar-refractivity contribution is 0.107.